The van der Waals surface area contributed by atoms with Gasteiger partial charge in [-0.15, -0.1) is 10.2 Å². The highest BCUT2D eigenvalue weighted by molar-refractivity contribution is 5.97. The summed E-state index contributed by atoms with van der Waals surface area (Å²) in [4.78, 5) is 17.7. The lowest BCUT2D eigenvalue weighted by molar-refractivity contribution is 0.0755. The van der Waals surface area contributed by atoms with Crippen LogP contribution in [-0.4, -0.2) is 57.2 Å². The second-order valence-electron chi connectivity index (χ2n) is 8.45. The van der Waals surface area contributed by atoms with Gasteiger partial charge in [-0.05, 0) is 52.6 Å². The van der Waals surface area contributed by atoms with Gasteiger partial charge in [-0.3, -0.25) is 9.69 Å². The second kappa shape index (κ2) is 7.03. The molecule has 0 aromatic carbocycles. The lowest BCUT2D eigenvalue weighted by Gasteiger charge is -2.22. The maximum Gasteiger partial charge on any atom is 0.257 e. The fourth-order valence-electron chi connectivity index (χ4n) is 5.17. The summed E-state index contributed by atoms with van der Waals surface area (Å²) >= 11 is 0. The van der Waals surface area contributed by atoms with E-state index in [1.165, 1.54) is 6.42 Å². The first kappa shape index (κ1) is 17.9. The number of aromatic nitrogens is 3. The molecule has 1 amide bonds. The maximum absolute atomic E-state index is 13.4. The molecule has 0 spiro atoms. The van der Waals surface area contributed by atoms with Gasteiger partial charge >= 0.3 is 0 Å². The lowest BCUT2D eigenvalue weighted by Crippen LogP contribution is -2.34. The van der Waals surface area contributed by atoms with Crippen molar-refractivity contribution in [3.05, 3.63) is 34.3 Å². The van der Waals surface area contributed by atoms with E-state index in [2.05, 4.69) is 26.7 Å². The van der Waals surface area contributed by atoms with E-state index in [0.717, 1.165) is 85.9 Å². The molecule has 150 valence electrons. The van der Waals surface area contributed by atoms with Crippen molar-refractivity contribution in [2.24, 2.45) is 0 Å². The molecule has 2 aromatic rings. The smallest absolute Gasteiger partial charge is 0.257 e. The fourth-order valence-corrected chi connectivity index (χ4v) is 5.17. The summed E-state index contributed by atoms with van der Waals surface area (Å²) in [6.45, 7) is 5.21. The molecule has 0 bridgehead atoms. The Labute approximate surface area is 165 Å². The number of likely N-dealkylation sites (tertiary alicyclic amines) is 1. The van der Waals surface area contributed by atoms with E-state index in [1.54, 1.807) is 0 Å². The predicted molar refractivity (Wildman–Crippen MR) is 104 cm³/mol. The van der Waals surface area contributed by atoms with E-state index in [-0.39, 0.29) is 5.91 Å². The number of hydrogen-bond donors (Lipinski definition) is 0. The maximum atomic E-state index is 13.4. The van der Waals surface area contributed by atoms with Crippen molar-refractivity contribution in [2.75, 3.05) is 26.7 Å². The van der Waals surface area contributed by atoms with Crippen molar-refractivity contribution in [2.45, 2.75) is 64.5 Å². The molecule has 0 N–H and O–H groups in total. The predicted octanol–water partition coefficient (Wildman–Crippen LogP) is 2.52. The molecule has 2 aromatic heterocycles. The molecule has 3 aliphatic rings. The van der Waals surface area contributed by atoms with Crippen LogP contribution >= 0.6 is 0 Å². The fraction of sp³-hybridized carbons (Fsp3) is 0.667. The van der Waals surface area contributed by atoms with Crippen LogP contribution in [0.4, 0.5) is 0 Å². The average molecular weight is 383 g/mol. The molecule has 7 nitrogen and oxygen atoms in total. The highest BCUT2D eigenvalue weighted by Gasteiger charge is 2.32. The Morgan fingerprint density at radius 3 is 2.71 bits per heavy atom. The van der Waals surface area contributed by atoms with Gasteiger partial charge in [0.15, 0.2) is 0 Å². The number of carbonyl (C=O) groups excluding carboxylic acids is 1. The number of hydrogen-bond acceptors (Lipinski definition) is 5. The Balaban J connectivity index is 1.37. The normalized spacial score (nSPS) is 22.8. The highest BCUT2D eigenvalue weighted by Crippen LogP contribution is 2.32. The van der Waals surface area contributed by atoms with Crippen molar-refractivity contribution in [1.29, 1.82) is 0 Å². The van der Waals surface area contributed by atoms with Crippen molar-refractivity contribution < 1.29 is 9.21 Å². The van der Waals surface area contributed by atoms with E-state index >= 15 is 0 Å². The minimum atomic E-state index is 0.127. The molecule has 0 unspecified atom stereocenters. The van der Waals surface area contributed by atoms with Crippen LogP contribution in [0.2, 0.25) is 0 Å². The molecule has 1 fully saturated rings. The van der Waals surface area contributed by atoms with Crippen molar-refractivity contribution >= 4 is 5.91 Å². The number of rotatable bonds is 2. The zero-order valence-corrected chi connectivity index (χ0v) is 16.9. The van der Waals surface area contributed by atoms with Crippen LogP contribution in [0.25, 0.3) is 0 Å². The molecule has 7 heteroatoms. The van der Waals surface area contributed by atoms with Crippen molar-refractivity contribution in [3.63, 3.8) is 0 Å². The summed E-state index contributed by atoms with van der Waals surface area (Å²) in [7, 11) is 2.16. The molecule has 4 heterocycles. The third kappa shape index (κ3) is 2.87. The number of amides is 1. The molecule has 1 saturated heterocycles. The largest absolute Gasteiger partial charge is 0.465 e. The Morgan fingerprint density at radius 2 is 1.89 bits per heavy atom. The van der Waals surface area contributed by atoms with Gasteiger partial charge in [0, 0.05) is 38.0 Å². The van der Waals surface area contributed by atoms with Crippen LogP contribution in [0.1, 0.15) is 70.8 Å². The van der Waals surface area contributed by atoms with E-state index in [9.17, 15) is 4.79 Å². The zero-order chi connectivity index (χ0) is 19.3. The van der Waals surface area contributed by atoms with Crippen LogP contribution in [-0.2, 0) is 25.8 Å². The van der Waals surface area contributed by atoms with Gasteiger partial charge in [0.2, 0.25) is 0 Å². The number of nitrogens with zero attached hydrogens (tertiary/aromatic N) is 5. The van der Waals surface area contributed by atoms with Crippen molar-refractivity contribution in [3.8, 4) is 0 Å². The molecule has 0 radical (unpaired) electrons. The second-order valence-corrected chi connectivity index (χ2v) is 8.45. The van der Waals surface area contributed by atoms with E-state index in [0.29, 0.717) is 19.1 Å². The van der Waals surface area contributed by atoms with Gasteiger partial charge in [-0.25, -0.2) is 0 Å². The minimum Gasteiger partial charge on any atom is -0.465 e. The Morgan fingerprint density at radius 1 is 1.04 bits per heavy atom. The van der Waals surface area contributed by atoms with E-state index in [1.807, 2.05) is 11.8 Å². The lowest BCUT2D eigenvalue weighted by atomic mass is 9.94. The van der Waals surface area contributed by atoms with E-state index in [4.69, 9.17) is 4.42 Å². The highest BCUT2D eigenvalue weighted by atomic mass is 16.3. The molecule has 1 aliphatic carbocycles. The quantitative estimate of drug-likeness (QED) is 0.797. The van der Waals surface area contributed by atoms with Crippen LogP contribution in [0.3, 0.4) is 0 Å². The first-order valence-electron chi connectivity index (χ1n) is 10.7. The summed E-state index contributed by atoms with van der Waals surface area (Å²) in [5, 5.41) is 8.99. The topological polar surface area (TPSA) is 67.4 Å². The molecular weight excluding hydrogens is 354 g/mol. The average Bonchev–Trinajstić information content (AvgIpc) is 3.33. The van der Waals surface area contributed by atoms with Gasteiger partial charge in [0.25, 0.3) is 5.91 Å². The minimum absolute atomic E-state index is 0.127. The summed E-state index contributed by atoms with van der Waals surface area (Å²) in [6.07, 6.45) is 7.33. The Bertz CT molecular complexity index is 899. The number of fused-ring (bicyclic) bond motifs is 2. The Kier molecular flexibility index (Phi) is 4.50. The molecule has 28 heavy (non-hydrogen) atoms. The van der Waals surface area contributed by atoms with Gasteiger partial charge in [0.1, 0.15) is 23.2 Å². The summed E-state index contributed by atoms with van der Waals surface area (Å²) in [5.74, 6) is 4.03. The first-order chi connectivity index (χ1) is 13.6. The van der Waals surface area contributed by atoms with Crippen molar-refractivity contribution in [1.82, 2.24) is 24.6 Å². The first-order valence-corrected chi connectivity index (χ1v) is 10.7. The molecule has 0 saturated carbocycles. The third-order valence-electron chi connectivity index (χ3n) is 6.72. The standard InChI is InChI=1S/C21H29N5O2/c1-14-19(15-6-3-4-8-17(15)28-14)21(27)25-11-9-18-22-23-20(26(18)13-12-25)16-7-5-10-24(16)2/h16H,3-13H2,1-2H3/t16-/m0/s1. The van der Waals surface area contributed by atoms with Gasteiger partial charge in [0.05, 0.1) is 11.6 Å². The van der Waals surface area contributed by atoms with Crippen LogP contribution < -0.4 is 0 Å². The number of carbonyl (C=O) groups is 1. The molecular formula is C21H29N5O2. The van der Waals surface area contributed by atoms with Crippen LogP contribution in [0.15, 0.2) is 4.42 Å². The monoisotopic (exact) mass is 383 g/mol. The summed E-state index contributed by atoms with van der Waals surface area (Å²) in [5.41, 5.74) is 1.98. The van der Waals surface area contributed by atoms with Crippen LogP contribution in [0.5, 0.6) is 0 Å². The third-order valence-corrected chi connectivity index (χ3v) is 6.72. The number of furan rings is 1. The zero-order valence-electron chi connectivity index (χ0n) is 16.9. The summed E-state index contributed by atoms with van der Waals surface area (Å²) < 4.78 is 8.21. The Hall–Kier alpha value is -2.15. The van der Waals surface area contributed by atoms with Crippen LogP contribution in [0, 0.1) is 6.92 Å². The molecule has 1 atom stereocenters. The van der Waals surface area contributed by atoms with Gasteiger partial charge < -0.3 is 13.9 Å². The van der Waals surface area contributed by atoms with Gasteiger partial charge in [-0.1, -0.05) is 0 Å². The van der Waals surface area contributed by atoms with E-state index < -0.39 is 0 Å². The molecule has 2 aliphatic heterocycles. The summed E-state index contributed by atoms with van der Waals surface area (Å²) in [6, 6.07) is 0.353. The van der Waals surface area contributed by atoms with Gasteiger partial charge in [-0.2, -0.15) is 0 Å². The molecule has 5 rings (SSSR count). The SMILES string of the molecule is Cc1oc2c(c1C(=O)N1CCc3nnc([C@@H]4CCCN4C)n3CC1)CCCC2. The number of aryl methyl sites for hydroxylation is 2.